The molecule has 0 spiro atoms. The maximum absolute atomic E-state index is 11.7. The number of rotatable bonds is 7. The van der Waals surface area contributed by atoms with E-state index in [4.69, 9.17) is 4.74 Å². The molecule has 0 aliphatic rings. The maximum atomic E-state index is 11.7. The van der Waals surface area contributed by atoms with Gasteiger partial charge in [-0.3, -0.25) is 4.79 Å². The van der Waals surface area contributed by atoms with Gasteiger partial charge in [-0.2, -0.15) is 0 Å². The monoisotopic (exact) mass is 258 g/mol. The van der Waals surface area contributed by atoms with Crippen LogP contribution in [0.5, 0.6) is 0 Å². The molecule has 18 heavy (non-hydrogen) atoms. The second-order valence-corrected chi connectivity index (χ2v) is 4.49. The summed E-state index contributed by atoms with van der Waals surface area (Å²) in [6, 6.07) is 9.80. The Labute approximate surface area is 134 Å². The molecule has 0 bridgehead atoms. The van der Waals surface area contributed by atoms with Gasteiger partial charge in [-0.05, 0) is 12.0 Å². The summed E-state index contributed by atoms with van der Waals surface area (Å²) >= 11 is 0. The summed E-state index contributed by atoms with van der Waals surface area (Å²) in [6.45, 7) is 4.50. The molecule has 0 aliphatic heterocycles. The van der Waals surface area contributed by atoms with Crippen molar-refractivity contribution in [2.75, 3.05) is 0 Å². The molecule has 0 fully saturated rings. The van der Waals surface area contributed by atoms with Gasteiger partial charge in [0.1, 0.15) is 6.61 Å². The number of ether oxygens (including phenoxy) is 1. The Balaban J connectivity index is 0. The summed E-state index contributed by atoms with van der Waals surface area (Å²) in [6.07, 6.45) is 4.42. The predicted molar refractivity (Wildman–Crippen MR) is 70.7 cm³/mol. The molecule has 0 saturated carbocycles. The molecule has 1 aromatic rings. The fourth-order valence-electron chi connectivity index (χ4n) is 1.69. The number of carbonyl (C=O) groups excluding carboxylic acids is 1. The Morgan fingerprint density at radius 1 is 1.28 bits per heavy atom. The fourth-order valence-corrected chi connectivity index (χ4v) is 1.69. The first-order valence-electron chi connectivity index (χ1n) is 6.44. The van der Waals surface area contributed by atoms with Gasteiger partial charge in [-0.25, -0.2) is 0 Å². The van der Waals surface area contributed by atoms with Crippen molar-refractivity contribution in [2.45, 2.75) is 46.1 Å². The van der Waals surface area contributed by atoms with E-state index in [1.807, 2.05) is 37.3 Å². The van der Waals surface area contributed by atoms with Crippen LogP contribution in [-0.4, -0.2) is 5.97 Å². The van der Waals surface area contributed by atoms with E-state index in [0.29, 0.717) is 6.61 Å². The quantitative estimate of drug-likeness (QED) is 0.415. The molecule has 1 unspecified atom stereocenters. The molecule has 2 nitrogen and oxygen atoms in total. The molecule has 96 valence electrons. The molecule has 0 radical (unpaired) electrons. The van der Waals surface area contributed by atoms with Crippen molar-refractivity contribution in [1.82, 2.24) is 0 Å². The average Bonchev–Trinajstić information content (AvgIpc) is 2.37. The second kappa shape index (κ2) is 10.6. The van der Waals surface area contributed by atoms with E-state index < -0.39 is 0 Å². The Bertz CT molecular complexity index is 330. The maximum Gasteiger partial charge on any atom is 1.00 e. The summed E-state index contributed by atoms with van der Waals surface area (Å²) in [5.74, 6) is -0.0600. The second-order valence-electron chi connectivity index (χ2n) is 4.49. The van der Waals surface area contributed by atoms with Crippen molar-refractivity contribution in [3.8, 4) is 0 Å². The van der Waals surface area contributed by atoms with Gasteiger partial charge in [-0.1, -0.05) is 63.4 Å². The summed E-state index contributed by atoms with van der Waals surface area (Å²) in [5, 5.41) is 0. The first-order valence-corrected chi connectivity index (χ1v) is 6.44. The van der Waals surface area contributed by atoms with Gasteiger partial charge in [0.2, 0.25) is 0 Å². The normalized spacial score (nSPS) is 11.4. The summed E-state index contributed by atoms with van der Waals surface area (Å²) in [4.78, 5) is 11.7. The largest absolute Gasteiger partial charge is 1.00 e. The Morgan fingerprint density at radius 2 is 1.94 bits per heavy atom. The van der Waals surface area contributed by atoms with Gasteiger partial charge in [0.15, 0.2) is 0 Å². The molecular formula is C15H23NaO2. The number of esters is 1. The van der Waals surface area contributed by atoms with Crippen LogP contribution < -0.4 is 29.6 Å². The van der Waals surface area contributed by atoms with Crippen LogP contribution in [-0.2, 0) is 16.1 Å². The first-order chi connectivity index (χ1) is 8.24. The average molecular weight is 258 g/mol. The predicted octanol–water partition coefficient (Wildman–Crippen LogP) is 1.06. The van der Waals surface area contributed by atoms with Gasteiger partial charge < -0.3 is 6.16 Å². The van der Waals surface area contributed by atoms with E-state index in [0.717, 1.165) is 18.4 Å². The summed E-state index contributed by atoms with van der Waals surface area (Å²) in [5.41, 5.74) is 1.04. The molecule has 1 atom stereocenters. The van der Waals surface area contributed by atoms with E-state index >= 15 is 0 Å². The molecular weight excluding hydrogens is 235 g/mol. The molecule has 0 aliphatic carbocycles. The summed E-state index contributed by atoms with van der Waals surface area (Å²) in [7, 11) is 0. The van der Waals surface area contributed by atoms with E-state index in [1.54, 1.807) is 0 Å². The topological polar surface area (TPSA) is 26.3 Å². The minimum absolute atomic E-state index is 0. The minimum Gasteiger partial charge on any atom is -1.00 e. The molecule has 0 N–H and O–H groups in total. The molecule has 1 rings (SSSR count). The molecule has 0 heterocycles. The minimum atomic E-state index is -0.0787. The Kier molecular flexibility index (Phi) is 10.4. The van der Waals surface area contributed by atoms with Gasteiger partial charge in [0.25, 0.3) is 0 Å². The third-order valence-electron chi connectivity index (χ3n) is 2.87. The standard InChI is InChI=1S/C15H22O2.Na.H/c1-3-4-6-9-13(2)15(16)17-12-14-10-7-5-8-11-14;;/h5,7-8,10-11,13H,3-4,6,9,12H2,1-2H3;;/q;+1;-1. The zero-order valence-electron chi connectivity index (χ0n) is 12.8. The van der Waals surface area contributed by atoms with Crippen LogP contribution in [0.15, 0.2) is 30.3 Å². The van der Waals surface area contributed by atoms with E-state index in [-0.39, 0.29) is 42.9 Å². The van der Waals surface area contributed by atoms with Crippen molar-refractivity contribution in [3.05, 3.63) is 35.9 Å². The number of benzene rings is 1. The van der Waals surface area contributed by atoms with Crippen molar-refractivity contribution < 1.29 is 40.5 Å². The Hall–Kier alpha value is -0.310. The van der Waals surface area contributed by atoms with E-state index in [1.165, 1.54) is 12.8 Å². The van der Waals surface area contributed by atoms with Crippen LogP contribution in [0.25, 0.3) is 0 Å². The van der Waals surface area contributed by atoms with Crippen LogP contribution in [0.2, 0.25) is 0 Å². The molecule has 1 aromatic carbocycles. The molecule has 0 aromatic heterocycles. The van der Waals surface area contributed by atoms with Gasteiger partial charge in [0, 0.05) is 0 Å². The van der Waals surface area contributed by atoms with Crippen molar-refractivity contribution in [2.24, 2.45) is 5.92 Å². The van der Waals surface area contributed by atoms with E-state index in [2.05, 4.69) is 6.92 Å². The van der Waals surface area contributed by atoms with Crippen LogP contribution in [0.3, 0.4) is 0 Å². The number of carbonyl (C=O) groups is 1. The van der Waals surface area contributed by atoms with Crippen LogP contribution in [0, 0.1) is 5.92 Å². The first kappa shape index (κ1) is 17.7. The number of hydrogen-bond donors (Lipinski definition) is 0. The van der Waals surface area contributed by atoms with E-state index in [9.17, 15) is 4.79 Å². The molecule has 0 amide bonds. The molecule has 3 heteroatoms. The van der Waals surface area contributed by atoms with Crippen LogP contribution in [0.1, 0.15) is 46.5 Å². The Morgan fingerprint density at radius 3 is 2.56 bits per heavy atom. The van der Waals surface area contributed by atoms with Crippen molar-refractivity contribution in [1.29, 1.82) is 0 Å². The number of hydrogen-bond acceptors (Lipinski definition) is 2. The molecule has 0 saturated heterocycles. The van der Waals surface area contributed by atoms with Gasteiger partial charge in [-0.15, -0.1) is 0 Å². The third kappa shape index (κ3) is 7.20. The SMILES string of the molecule is CCCCCC(C)C(=O)OCc1ccccc1.[H-].[Na+]. The zero-order valence-corrected chi connectivity index (χ0v) is 13.8. The number of unbranched alkanes of at least 4 members (excludes halogenated alkanes) is 2. The third-order valence-corrected chi connectivity index (χ3v) is 2.87. The van der Waals surface area contributed by atoms with Gasteiger partial charge in [0.05, 0.1) is 5.92 Å². The fraction of sp³-hybridized carbons (Fsp3) is 0.533. The zero-order chi connectivity index (χ0) is 12.5. The van der Waals surface area contributed by atoms with Crippen molar-refractivity contribution >= 4 is 5.97 Å². The van der Waals surface area contributed by atoms with Crippen LogP contribution in [0.4, 0.5) is 0 Å². The van der Waals surface area contributed by atoms with Gasteiger partial charge >= 0.3 is 35.5 Å². The van der Waals surface area contributed by atoms with Crippen LogP contribution >= 0.6 is 0 Å². The smallest absolute Gasteiger partial charge is 1.00 e. The van der Waals surface area contributed by atoms with Crippen molar-refractivity contribution in [3.63, 3.8) is 0 Å². The summed E-state index contributed by atoms with van der Waals surface area (Å²) < 4.78 is 5.28.